The molecule has 2 aromatic rings. The molecular weight excluding hydrogens is 416 g/mol. The number of nitrogens with two attached hydrogens (primary N) is 1. The highest BCUT2D eigenvalue weighted by Gasteiger charge is 2.24. The molecule has 0 aliphatic carbocycles. The zero-order valence-corrected chi connectivity index (χ0v) is 17.0. The summed E-state index contributed by atoms with van der Waals surface area (Å²) in [6.45, 7) is 0. The monoisotopic (exact) mass is 434 g/mol. The van der Waals surface area contributed by atoms with Crippen molar-refractivity contribution in [3.63, 3.8) is 0 Å². The minimum absolute atomic E-state index is 0. The Balaban J connectivity index is 0.00000300. The Labute approximate surface area is 178 Å². The van der Waals surface area contributed by atoms with Crippen LogP contribution in [0.15, 0.2) is 53.4 Å². The van der Waals surface area contributed by atoms with Crippen LogP contribution >= 0.6 is 24.2 Å². The minimum Gasteiger partial charge on any atom is -0.468 e. The second kappa shape index (κ2) is 10.1. The molecule has 7 nitrogen and oxygen atoms in total. The average Bonchev–Trinajstić information content (AvgIpc) is 3.01. The van der Waals surface area contributed by atoms with E-state index in [9.17, 15) is 14.4 Å². The summed E-state index contributed by atoms with van der Waals surface area (Å²) < 4.78 is 10.4. The van der Waals surface area contributed by atoms with Crippen molar-refractivity contribution in [1.82, 2.24) is 5.32 Å². The van der Waals surface area contributed by atoms with Crippen LogP contribution in [0.5, 0.6) is 11.5 Å². The van der Waals surface area contributed by atoms with Crippen LogP contribution in [0.1, 0.15) is 11.1 Å². The molecule has 1 heterocycles. The molecule has 29 heavy (non-hydrogen) atoms. The lowest BCUT2D eigenvalue weighted by molar-refractivity contribution is -0.142. The summed E-state index contributed by atoms with van der Waals surface area (Å²) in [4.78, 5) is 34.5. The normalized spacial score (nSPS) is 15.4. The number of amides is 2. The Kier molecular flexibility index (Phi) is 7.83. The van der Waals surface area contributed by atoms with Gasteiger partial charge >= 0.3 is 5.97 Å². The standard InChI is InChI=1S/C20H18N2O5S.ClH/c1-26-19(24)16(21)10-12-2-6-14(7-3-12)27-15-8-4-13(5-9-15)11-17-18(23)22-20(25)28-17;/h2-9,11,16H,10,21H2,1H3,(H,22,23,25);1H/b17-11-;. The number of rotatable bonds is 6. The molecule has 3 N–H and O–H groups in total. The smallest absolute Gasteiger partial charge is 0.322 e. The largest absolute Gasteiger partial charge is 0.468 e. The van der Waals surface area contributed by atoms with E-state index < -0.39 is 12.0 Å². The summed E-state index contributed by atoms with van der Waals surface area (Å²) in [6.07, 6.45) is 2.03. The number of benzene rings is 2. The lowest BCUT2D eigenvalue weighted by Gasteiger charge is -2.10. The first-order valence-electron chi connectivity index (χ1n) is 8.40. The first-order chi connectivity index (χ1) is 13.4. The van der Waals surface area contributed by atoms with Crippen molar-refractivity contribution < 1.29 is 23.9 Å². The van der Waals surface area contributed by atoms with Gasteiger partial charge in [0.2, 0.25) is 0 Å². The molecule has 0 radical (unpaired) electrons. The van der Waals surface area contributed by atoms with Gasteiger partial charge in [0.25, 0.3) is 11.1 Å². The van der Waals surface area contributed by atoms with E-state index in [0.29, 0.717) is 22.8 Å². The summed E-state index contributed by atoms with van der Waals surface area (Å²) >= 11 is 0.876. The molecule has 1 unspecified atom stereocenters. The fraction of sp³-hybridized carbons (Fsp3) is 0.150. The van der Waals surface area contributed by atoms with E-state index in [-0.39, 0.29) is 23.6 Å². The second-order valence-electron chi connectivity index (χ2n) is 6.00. The van der Waals surface area contributed by atoms with Crippen LogP contribution in [0.3, 0.4) is 0 Å². The molecule has 2 amide bonds. The number of esters is 1. The molecule has 1 fully saturated rings. The summed E-state index contributed by atoms with van der Waals surface area (Å²) in [5.41, 5.74) is 7.44. The van der Waals surface area contributed by atoms with E-state index in [0.717, 1.165) is 22.9 Å². The van der Waals surface area contributed by atoms with Crippen LogP contribution in [0.25, 0.3) is 6.08 Å². The van der Waals surface area contributed by atoms with Crippen molar-refractivity contribution >= 4 is 47.4 Å². The zero-order valence-electron chi connectivity index (χ0n) is 15.4. The molecule has 1 saturated heterocycles. The Bertz CT molecular complexity index is 929. The number of imide groups is 1. The number of carbonyl (C=O) groups excluding carboxylic acids is 3. The quantitative estimate of drug-likeness (QED) is 0.530. The van der Waals surface area contributed by atoms with Crippen molar-refractivity contribution in [2.24, 2.45) is 5.73 Å². The van der Waals surface area contributed by atoms with Crippen LogP contribution in [-0.2, 0) is 20.7 Å². The van der Waals surface area contributed by atoms with Gasteiger partial charge in [0.15, 0.2) is 0 Å². The van der Waals surface area contributed by atoms with Gasteiger partial charge in [0, 0.05) is 0 Å². The molecule has 0 bridgehead atoms. The molecule has 152 valence electrons. The SMILES string of the molecule is COC(=O)C(N)Cc1ccc(Oc2ccc(/C=C3\SC(=O)NC3=O)cc2)cc1.Cl. The maximum atomic E-state index is 11.6. The van der Waals surface area contributed by atoms with E-state index in [1.165, 1.54) is 7.11 Å². The van der Waals surface area contributed by atoms with E-state index in [1.54, 1.807) is 42.5 Å². The molecule has 1 aliphatic heterocycles. The van der Waals surface area contributed by atoms with Gasteiger partial charge in [-0.05, 0) is 59.7 Å². The summed E-state index contributed by atoms with van der Waals surface area (Å²) in [5.74, 6) is 0.425. The van der Waals surface area contributed by atoms with Crippen molar-refractivity contribution in [3.05, 3.63) is 64.6 Å². The van der Waals surface area contributed by atoms with Crippen molar-refractivity contribution in [2.45, 2.75) is 12.5 Å². The molecule has 2 aromatic carbocycles. The number of nitrogens with one attached hydrogen (secondary N) is 1. The van der Waals surface area contributed by atoms with Gasteiger partial charge in [-0.2, -0.15) is 0 Å². The van der Waals surface area contributed by atoms with Gasteiger partial charge in [-0.15, -0.1) is 12.4 Å². The first-order valence-corrected chi connectivity index (χ1v) is 9.21. The van der Waals surface area contributed by atoms with Crippen LogP contribution in [-0.4, -0.2) is 30.3 Å². The number of hydrogen-bond donors (Lipinski definition) is 2. The molecule has 0 saturated carbocycles. The number of halogens is 1. The van der Waals surface area contributed by atoms with E-state index >= 15 is 0 Å². The zero-order chi connectivity index (χ0) is 20.1. The predicted octanol–water partition coefficient (Wildman–Crippen LogP) is 3.27. The van der Waals surface area contributed by atoms with Gasteiger partial charge in [-0.1, -0.05) is 24.3 Å². The highest BCUT2D eigenvalue weighted by molar-refractivity contribution is 8.18. The topological polar surface area (TPSA) is 108 Å². The molecule has 3 rings (SSSR count). The van der Waals surface area contributed by atoms with Crippen LogP contribution < -0.4 is 15.8 Å². The summed E-state index contributed by atoms with van der Waals surface area (Å²) in [5, 5.41) is 1.85. The van der Waals surface area contributed by atoms with E-state index in [1.807, 2.05) is 12.1 Å². The fourth-order valence-corrected chi connectivity index (χ4v) is 3.21. The van der Waals surface area contributed by atoms with E-state index in [2.05, 4.69) is 10.1 Å². The maximum absolute atomic E-state index is 11.6. The fourth-order valence-electron chi connectivity index (χ4n) is 2.52. The average molecular weight is 435 g/mol. The Morgan fingerprint density at radius 1 is 1.10 bits per heavy atom. The first kappa shape index (κ1) is 22.5. The molecule has 9 heteroatoms. The summed E-state index contributed by atoms with van der Waals surface area (Å²) in [6, 6.07) is 13.7. The number of ether oxygens (including phenoxy) is 2. The number of thioether (sulfide) groups is 1. The summed E-state index contributed by atoms with van der Waals surface area (Å²) in [7, 11) is 1.31. The van der Waals surface area contributed by atoms with E-state index in [4.69, 9.17) is 10.5 Å². The highest BCUT2D eigenvalue weighted by atomic mass is 35.5. The van der Waals surface area contributed by atoms with Gasteiger partial charge in [-0.25, -0.2) is 0 Å². The van der Waals surface area contributed by atoms with Gasteiger partial charge in [0.1, 0.15) is 17.5 Å². The number of methoxy groups -OCH3 is 1. The second-order valence-corrected chi connectivity index (χ2v) is 7.02. The third-order valence-corrected chi connectivity index (χ3v) is 4.75. The van der Waals surface area contributed by atoms with Gasteiger partial charge in [0.05, 0.1) is 12.0 Å². The lowest BCUT2D eigenvalue weighted by Crippen LogP contribution is -2.33. The maximum Gasteiger partial charge on any atom is 0.322 e. The van der Waals surface area contributed by atoms with Gasteiger partial charge in [-0.3, -0.25) is 19.7 Å². The Morgan fingerprint density at radius 3 is 2.21 bits per heavy atom. The third kappa shape index (κ3) is 6.08. The molecule has 0 aromatic heterocycles. The lowest BCUT2D eigenvalue weighted by atomic mass is 10.1. The number of carbonyl (C=O) groups is 3. The Morgan fingerprint density at radius 2 is 1.69 bits per heavy atom. The molecule has 1 aliphatic rings. The minimum atomic E-state index is -0.700. The highest BCUT2D eigenvalue weighted by Crippen LogP contribution is 2.27. The van der Waals surface area contributed by atoms with Crippen LogP contribution in [0.4, 0.5) is 4.79 Å². The molecular formula is C20H19ClN2O5S. The van der Waals surface area contributed by atoms with Crippen LogP contribution in [0.2, 0.25) is 0 Å². The third-order valence-electron chi connectivity index (χ3n) is 3.94. The van der Waals surface area contributed by atoms with Crippen molar-refractivity contribution in [3.8, 4) is 11.5 Å². The molecule has 1 atom stereocenters. The number of hydrogen-bond acceptors (Lipinski definition) is 7. The molecule has 0 spiro atoms. The van der Waals surface area contributed by atoms with Gasteiger partial charge < -0.3 is 15.2 Å². The van der Waals surface area contributed by atoms with Crippen molar-refractivity contribution in [2.75, 3.05) is 7.11 Å². The Hall–Kier alpha value is -2.81. The predicted molar refractivity (Wildman–Crippen MR) is 113 cm³/mol. The van der Waals surface area contributed by atoms with Crippen LogP contribution in [0, 0.1) is 0 Å². The van der Waals surface area contributed by atoms with Crippen molar-refractivity contribution in [1.29, 1.82) is 0 Å².